The molecule has 2 saturated heterocycles. The van der Waals surface area contributed by atoms with Crippen molar-refractivity contribution in [2.45, 2.75) is 58.6 Å². The number of nitrogens with one attached hydrogen (secondary N) is 1. The number of piperazine rings is 1. The first kappa shape index (κ1) is 23.0. The minimum Gasteiger partial charge on any atom is -0.489 e. The van der Waals surface area contributed by atoms with E-state index in [1.165, 1.54) is 11.1 Å². The highest BCUT2D eigenvalue weighted by Gasteiger charge is 2.43. The second kappa shape index (κ2) is 9.75. The molecule has 1 aliphatic carbocycles. The SMILES string of the molecule is CC(C)Oc1ccc(F)cc1N1CCN(CCCC2CC2NN2C(=O)CC(C)C2=O)CC1. The van der Waals surface area contributed by atoms with Crippen LogP contribution in [0.4, 0.5) is 10.1 Å². The van der Waals surface area contributed by atoms with Gasteiger partial charge in [-0.3, -0.25) is 14.5 Å². The third-order valence-corrected chi connectivity index (χ3v) is 6.64. The molecule has 1 aromatic rings. The summed E-state index contributed by atoms with van der Waals surface area (Å²) in [4.78, 5) is 28.6. The number of hydrogen-bond donors (Lipinski definition) is 1. The van der Waals surface area contributed by atoms with Crippen LogP contribution in [0.15, 0.2) is 18.2 Å². The lowest BCUT2D eigenvalue weighted by molar-refractivity contribution is -0.143. The van der Waals surface area contributed by atoms with Gasteiger partial charge in [-0.05, 0) is 57.7 Å². The van der Waals surface area contributed by atoms with Crippen molar-refractivity contribution in [3.63, 3.8) is 0 Å². The van der Waals surface area contributed by atoms with Gasteiger partial charge in [0.2, 0.25) is 11.8 Å². The van der Waals surface area contributed by atoms with Gasteiger partial charge in [-0.25, -0.2) is 14.8 Å². The van der Waals surface area contributed by atoms with E-state index in [2.05, 4.69) is 15.2 Å². The number of benzene rings is 1. The highest BCUT2D eigenvalue weighted by Crippen LogP contribution is 2.36. The Labute approximate surface area is 189 Å². The number of anilines is 1. The fraction of sp³-hybridized carbons (Fsp3) is 0.667. The van der Waals surface area contributed by atoms with Crippen molar-refractivity contribution in [2.75, 3.05) is 37.6 Å². The van der Waals surface area contributed by atoms with Crippen LogP contribution in [0.25, 0.3) is 0 Å². The third-order valence-electron chi connectivity index (χ3n) is 6.64. The first-order valence-electron chi connectivity index (χ1n) is 11.9. The number of carbonyl (C=O) groups excluding carboxylic acids is 2. The molecule has 3 aliphatic rings. The number of imide groups is 1. The topological polar surface area (TPSA) is 65.1 Å². The van der Waals surface area contributed by atoms with Gasteiger partial charge in [0.15, 0.2) is 0 Å². The summed E-state index contributed by atoms with van der Waals surface area (Å²) in [7, 11) is 0. The molecule has 0 bridgehead atoms. The van der Waals surface area contributed by atoms with Gasteiger partial charge in [-0.1, -0.05) is 6.92 Å². The molecular formula is C24H35FN4O3. The van der Waals surface area contributed by atoms with Crippen molar-refractivity contribution in [3.8, 4) is 5.75 Å². The van der Waals surface area contributed by atoms with Gasteiger partial charge in [-0.2, -0.15) is 0 Å². The molecular weight excluding hydrogens is 411 g/mol. The van der Waals surface area contributed by atoms with Crippen molar-refractivity contribution >= 4 is 17.5 Å². The van der Waals surface area contributed by atoms with E-state index in [4.69, 9.17) is 4.74 Å². The van der Waals surface area contributed by atoms with Crippen molar-refractivity contribution in [1.82, 2.24) is 15.3 Å². The Bertz CT molecular complexity index is 841. The molecule has 0 radical (unpaired) electrons. The molecule has 3 fully saturated rings. The molecule has 4 rings (SSSR count). The highest BCUT2D eigenvalue weighted by atomic mass is 19.1. The Kier molecular flexibility index (Phi) is 7.00. The number of amides is 2. The molecule has 0 spiro atoms. The lowest BCUT2D eigenvalue weighted by Crippen LogP contribution is -2.46. The van der Waals surface area contributed by atoms with Crippen LogP contribution in [0.5, 0.6) is 5.75 Å². The van der Waals surface area contributed by atoms with Crippen LogP contribution in [0, 0.1) is 17.7 Å². The first-order valence-corrected chi connectivity index (χ1v) is 11.9. The lowest BCUT2D eigenvalue weighted by atomic mass is 10.1. The molecule has 2 heterocycles. The van der Waals surface area contributed by atoms with Crippen LogP contribution in [0.3, 0.4) is 0 Å². The summed E-state index contributed by atoms with van der Waals surface area (Å²) in [6.45, 7) is 10.4. The zero-order valence-corrected chi connectivity index (χ0v) is 19.3. The first-order chi connectivity index (χ1) is 15.3. The summed E-state index contributed by atoms with van der Waals surface area (Å²) < 4.78 is 19.7. The second-order valence-corrected chi connectivity index (χ2v) is 9.65. The van der Waals surface area contributed by atoms with E-state index in [1.807, 2.05) is 13.8 Å². The molecule has 7 nitrogen and oxygen atoms in total. The Hall–Kier alpha value is -2.19. The summed E-state index contributed by atoms with van der Waals surface area (Å²) in [6, 6.07) is 5.00. The van der Waals surface area contributed by atoms with E-state index in [9.17, 15) is 14.0 Å². The fourth-order valence-electron chi connectivity index (χ4n) is 4.69. The lowest BCUT2D eigenvalue weighted by Gasteiger charge is -2.37. The van der Waals surface area contributed by atoms with Gasteiger partial charge < -0.3 is 9.64 Å². The zero-order valence-electron chi connectivity index (χ0n) is 19.3. The molecule has 32 heavy (non-hydrogen) atoms. The Balaban J connectivity index is 1.17. The number of carbonyl (C=O) groups is 2. The molecule has 3 unspecified atom stereocenters. The predicted molar refractivity (Wildman–Crippen MR) is 121 cm³/mol. The van der Waals surface area contributed by atoms with Crippen LogP contribution < -0.4 is 15.1 Å². The number of nitrogens with zero attached hydrogens (tertiary/aromatic N) is 3. The van der Waals surface area contributed by atoms with E-state index < -0.39 is 0 Å². The highest BCUT2D eigenvalue weighted by molar-refractivity contribution is 6.02. The Morgan fingerprint density at radius 2 is 1.94 bits per heavy atom. The summed E-state index contributed by atoms with van der Waals surface area (Å²) >= 11 is 0. The number of hydrazine groups is 1. The molecule has 0 aromatic heterocycles. The molecule has 1 aromatic carbocycles. The van der Waals surface area contributed by atoms with Crippen LogP contribution in [0.1, 0.15) is 46.5 Å². The maximum absolute atomic E-state index is 13.8. The van der Waals surface area contributed by atoms with Gasteiger partial charge in [0, 0.05) is 50.6 Å². The third kappa shape index (κ3) is 5.41. The normalized spacial score (nSPS) is 26.3. The summed E-state index contributed by atoms with van der Waals surface area (Å²) in [5.41, 5.74) is 3.98. The summed E-state index contributed by atoms with van der Waals surface area (Å²) in [5.74, 6) is 0.636. The minimum absolute atomic E-state index is 0.0475. The molecule has 3 atom stereocenters. The van der Waals surface area contributed by atoms with Gasteiger partial charge in [-0.15, -0.1) is 0 Å². The van der Waals surface area contributed by atoms with Crippen molar-refractivity contribution < 1.29 is 18.7 Å². The van der Waals surface area contributed by atoms with Gasteiger partial charge in [0.1, 0.15) is 11.6 Å². The molecule has 2 aliphatic heterocycles. The van der Waals surface area contributed by atoms with Crippen LogP contribution >= 0.6 is 0 Å². The molecule has 1 N–H and O–H groups in total. The van der Waals surface area contributed by atoms with Crippen molar-refractivity contribution in [3.05, 3.63) is 24.0 Å². The maximum Gasteiger partial charge on any atom is 0.247 e. The van der Waals surface area contributed by atoms with E-state index in [0.717, 1.165) is 63.4 Å². The Morgan fingerprint density at radius 1 is 1.19 bits per heavy atom. The maximum atomic E-state index is 13.8. The van der Waals surface area contributed by atoms with Gasteiger partial charge >= 0.3 is 0 Å². The largest absolute Gasteiger partial charge is 0.489 e. The van der Waals surface area contributed by atoms with E-state index >= 15 is 0 Å². The van der Waals surface area contributed by atoms with E-state index in [-0.39, 0.29) is 35.7 Å². The van der Waals surface area contributed by atoms with E-state index in [1.54, 1.807) is 19.1 Å². The van der Waals surface area contributed by atoms with Gasteiger partial charge in [0.25, 0.3) is 0 Å². The summed E-state index contributed by atoms with van der Waals surface area (Å²) in [5, 5.41) is 1.25. The monoisotopic (exact) mass is 446 g/mol. The van der Waals surface area contributed by atoms with Crippen molar-refractivity contribution in [1.29, 1.82) is 0 Å². The van der Waals surface area contributed by atoms with E-state index in [0.29, 0.717) is 12.3 Å². The minimum atomic E-state index is -0.238. The standard InChI is InChI=1S/C24H35FN4O3/c1-16(2)32-22-7-6-19(25)15-21(22)28-11-9-27(10-12-28)8-4-5-18-14-20(18)26-29-23(30)13-17(3)24(29)31/h6-7,15-18,20,26H,4-5,8-14H2,1-3H3. The van der Waals surface area contributed by atoms with Gasteiger partial charge in [0.05, 0.1) is 11.8 Å². The van der Waals surface area contributed by atoms with Crippen LogP contribution in [0.2, 0.25) is 0 Å². The Morgan fingerprint density at radius 3 is 2.59 bits per heavy atom. The smallest absolute Gasteiger partial charge is 0.247 e. The number of hydrogen-bond acceptors (Lipinski definition) is 6. The van der Waals surface area contributed by atoms with Crippen LogP contribution in [-0.2, 0) is 9.59 Å². The zero-order chi connectivity index (χ0) is 22.8. The summed E-state index contributed by atoms with van der Waals surface area (Å²) in [6.07, 6.45) is 3.59. The fourth-order valence-corrected chi connectivity index (χ4v) is 4.69. The van der Waals surface area contributed by atoms with Crippen molar-refractivity contribution in [2.24, 2.45) is 11.8 Å². The second-order valence-electron chi connectivity index (χ2n) is 9.65. The molecule has 8 heteroatoms. The average molecular weight is 447 g/mol. The number of ether oxygens (including phenoxy) is 1. The quantitative estimate of drug-likeness (QED) is 0.589. The molecule has 176 valence electrons. The van der Waals surface area contributed by atoms with Crippen LogP contribution in [-0.4, -0.2) is 66.6 Å². The molecule has 1 saturated carbocycles. The molecule has 2 amide bonds. The average Bonchev–Trinajstić information content (AvgIpc) is 3.45. The number of halogens is 1. The predicted octanol–water partition coefficient (Wildman–Crippen LogP) is 2.80. The number of rotatable bonds is 9.